The number of alkyl halides is 2. The van der Waals surface area contributed by atoms with Gasteiger partial charge < -0.3 is 14.7 Å². The molecule has 3 unspecified atom stereocenters. The average Bonchev–Trinajstić information content (AvgIpc) is 2.67. The third kappa shape index (κ3) is 3.14. The summed E-state index contributed by atoms with van der Waals surface area (Å²) in [5, 5.41) is 8.10. The molecule has 0 aromatic heterocycles. The zero-order valence-electron chi connectivity index (χ0n) is 9.38. The molecule has 0 amide bonds. The SMILES string of the molecule is O=C1OC2CC1CCC2OC(=O)C(F)(F)SOO[O-]. The van der Waals surface area contributed by atoms with Crippen molar-refractivity contribution in [1.82, 2.24) is 0 Å². The van der Waals surface area contributed by atoms with E-state index in [0.717, 1.165) is 0 Å². The van der Waals surface area contributed by atoms with Gasteiger partial charge >= 0.3 is 17.2 Å². The lowest BCUT2D eigenvalue weighted by molar-refractivity contribution is -0.777. The van der Waals surface area contributed by atoms with E-state index in [0.29, 0.717) is 12.8 Å². The van der Waals surface area contributed by atoms with E-state index in [4.69, 9.17) is 4.74 Å². The van der Waals surface area contributed by atoms with Gasteiger partial charge in [-0.3, -0.25) is 9.83 Å². The molecule has 19 heavy (non-hydrogen) atoms. The summed E-state index contributed by atoms with van der Waals surface area (Å²) in [6, 6.07) is 0. The first-order valence-corrected chi connectivity index (χ1v) is 6.12. The topological polar surface area (TPSA) is 94.1 Å². The molecule has 3 atom stereocenters. The molecule has 1 heterocycles. The lowest BCUT2D eigenvalue weighted by atomic mass is 9.88. The summed E-state index contributed by atoms with van der Waals surface area (Å²) in [4.78, 5) is 22.5. The molecule has 2 aliphatic rings. The number of hydrogen-bond donors (Lipinski definition) is 0. The Kier molecular flexibility index (Phi) is 4.23. The summed E-state index contributed by atoms with van der Waals surface area (Å²) in [5.41, 5.74) is 0. The second kappa shape index (κ2) is 5.57. The largest absolute Gasteiger partial charge is 0.691 e. The molecule has 0 N–H and O–H groups in total. The molecule has 7 nitrogen and oxygen atoms in total. The Morgan fingerprint density at radius 3 is 2.89 bits per heavy atom. The average molecular weight is 299 g/mol. The fraction of sp³-hybridized carbons (Fsp3) is 0.778. The van der Waals surface area contributed by atoms with Crippen LogP contribution in [0.5, 0.6) is 0 Å². The zero-order chi connectivity index (χ0) is 14.0. The van der Waals surface area contributed by atoms with Crippen molar-refractivity contribution in [3.63, 3.8) is 0 Å². The van der Waals surface area contributed by atoms with E-state index < -0.39 is 41.4 Å². The predicted molar refractivity (Wildman–Crippen MR) is 51.8 cm³/mol. The number of hydrogen-bond acceptors (Lipinski definition) is 8. The number of rotatable bonds is 5. The Morgan fingerprint density at radius 2 is 2.21 bits per heavy atom. The van der Waals surface area contributed by atoms with E-state index in [1.54, 1.807) is 0 Å². The first-order valence-electron chi connectivity index (χ1n) is 5.37. The molecule has 1 saturated carbocycles. The molecule has 0 radical (unpaired) electrons. The van der Waals surface area contributed by atoms with Gasteiger partial charge in [0.2, 0.25) is 0 Å². The van der Waals surface area contributed by atoms with Crippen LogP contribution in [0.1, 0.15) is 19.3 Å². The van der Waals surface area contributed by atoms with Crippen LogP contribution in [0.15, 0.2) is 0 Å². The van der Waals surface area contributed by atoms with Gasteiger partial charge in [-0.15, -0.1) is 0 Å². The maximum absolute atomic E-state index is 13.1. The predicted octanol–water partition coefficient (Wildman–Crippen LogP) is 0.0882. The van der Waals surface area contributed by atoms with Crippen molar-refractivity contribution in [2.24, 2.45) is 5.92 Å². The molecule has 1 aliphatic heterocycles. The van der Waals surface area contributed by atoms with Crippen LogP contribution in [0.4, 0.5) is 8.78 Å². The summed E-state index contributed by atoms with van der Waals surface area (Å²) >= 11 is -0.755. The standard InChI is InChI=1S/C9H10F2O7S/c10-9(11,19-18-17-14)8(13)16-5-2-1-4-3-6(5)15-7(4)12/h4-6,14H,1-3H2/p-1. The van der Waals surface area contributed by atoms with E-state index in [1.165, 1.54) is 0 Å². The summed E-state index contributed by atoms with van der Waals surface area (Å²) < 4.78 is 39.2. The smallest absolute Gasteiger partial charge is 0.415 e. The highest BCUT2D eigenvalue weighted by molar-refractivity contribution is 7.96. The number of halogens is 2. The van der Waals surface area contributed by atoms with Crippen molar-refractivity contribution in [1.29, 1.82) is 0 Å². The molecule has 2 bridgehead atoms. The molecule has 0 spiro atoms. The number of ether oxygens (including phenoxy) is 2. The van der Waals surface area contributed by atoms with E-state index >= 15 is 0 Å². The second-order valence-corrected chi connectivity index (χ2v) is 4.98. The summed E-state index contributed by atoms with van der Waals surface area (Å²) in [7, 11) is 0. The molecule has 10 heteroatoms. The van der Waals surface area contributed by atoms with Gasteiger partial charge in [0, 0.05) is 6.42 Å². The maximum atomic E-state index is 13.1. The Labute approximate surface area is 110 Å². The molecule has 108 valence electrons. The van der Waals surface area contributed by atoms with Crippen molar-refractivity contribution in [3.05, 3.63) is 0 Å². The van der Waals surface area contributed by atoms with Gasteiger partial charge in [-0.05, 0) is 12.8 Å². The highest BCUT2D eigenvalue weighted by Gasteiger charge is 2.49. The minimum Gasteiger partial charge on any atom is -0.691 e. The minimum atomic E-state index is -4.08. The van der Waals surface area contributed by atoms with Gasteiger partial charge in [0.1, 0.15) is 24.3 Å². The molecule has 1 aliphatic carbocycles. The molecule has 2 fully saturated rings. The summed E-state index contributed by atoms with van der Waals surface area (Å²) in [6.45, 7) is 0. The van der Waals surface area contributed by atoms with Crippen LogP contribution in [0.25, 0.3) is 0 Å². The number of fused-ring (bicyclic) bond motifs is 2. The highest BCUT2D eigenvalue weighted by atomic mass is 32.2. The minimum absolute atomic E-state index is 0.243. The molecule has 0 aromatic rings. The lowest BCUT2D eigenvalue weighted by Gasteiger charge is -2.26. The van der Waals surface area contributed by atoms with Crippen LogP contribution in [0.3, 0.4) is 0 Å². The maximum Gasteiger partial charge on any atom is 0.415 e. The highest BCUT2D eigenvalue weighted by Crippen LogP contribution is 2.38. The van der Waals surface area contributed by atoms with Gasteiger partial charge in [-0.1, -0.05) is 0 Å². The van der Waals surface area contributed by atoms with Crippen molar-refractivity contribution in [2.45, 2.75) is 36.7 Å². The molecule has 0 aromatic carbocycles. The van der Waals surface area contributed by atoms with Crippen molar-refractivity contribution in [3.8, 4) is 0 Å². The monoisotopic (exact) mass is 299 g/mol. The fourth-order valence-corrected chi connectivity index (χ4v) is 2.35. The number of esters is 2. The van der Waals surface area contributed by atoms with Crippen LogP contribution < -0.4 is 5.26 Å². The van der Waals surface area contributed by atoms with Gasteiger partial charge in [-0.25, -0.2) is 4.79 Å². The van der Waals surface area contributed by atoms with Gasteiger partial charge in [-0.2, -0.15) is 13.1 Å². The van der Waals surface area contributed by atoms with E-state index in [-0.39, 0.29) is 12.3 Å². The third-order valence-electron chi connectivity index (χ3n) is 2.99. The number of carbonyl (C=O) groups is 2. The van der Waals surface area contributed by atoms with Crippen LogP contribution >= 0.6 is 12.0 Å². The van der Waals surface area contributed by atoms with Crippen LogP contribution in [0.2, 0.25) is 0 Å². The van der Waals surface area contributed by atoms with Crippen LogP contribution in [-0.2, 0) is 28.4 Å². The van der Waals surface area contributed by atoms with Crippen LogP contribution in [-0.4, -0.2) is 29.4 Å². The van der Waals surface area contributed by atoms with E-state index in [1.807, 2.05) is 0 Å². The van der Waals surface area contributed by atoms with Gasteiger partial charge in [0.25, 0.3) is 0 Å². The van der Waals surface area contributed by atoms with Gasteiger partial charge in [0.05, 0.1) is 5.92 Å². The van der Waals surface area contributed by atoms with Crippen LogP contribution in [0, 0.1) is 5.92 Å². The third-order valence-corrected chi connectivity index (χ3v) is 3.49. The normalized spacial score (nSPS) is 30.1. The zero-order valence-corrected chi connectivity index (χ0v) is 10.2. The Hall–Kier alpha value is -0.970. The van der Waals surface area contributed by atoms with E-state index in [9.17, 15) is 23.6 Å². The van der Waals surface area contributed by atoms with Crippen molar-refractivity contribution in [2.75, 3.05) is 0 Å². The molecule has 2 rings (SSSR count). The molecule has 1 saturated heterocycles. The van der Waals surface area contributed by atoms with Crippen molar-refractivity contribution < 1.29 is 42.5 Å². The Balaban J connectivity index is 1.90. The summed E-state index contributed by atoms with van der Waals surface area (Å²) in [5.74, 6) is -2.51. The lowest BCUT2D eigenvalue weighted by Crippen LogP contribution is -2.38. The quantitative estimate of drug-likeness (QED) is 0.305. The molecular weight excluding hydrogens is 290 g/mol. The van der Waals surface area contributed by atoms with Gasteiger partial charge in [0.15, 0.2) is 0 Å². The van der Waals surface area contributed by atoms with E-state index in [2.05, 4.69) is 14.1 Å². The molecular formula is C9H9F2O7S-. The summed E-state index contributed by atoms with van der Waals surface area (Å²) in [6.07, 6.45) is -0.545. The number of carbonyl (C=O) groups excluding carboxylic acids is 2. The second-order valence-electron chi connectivity index (χ2n) is 4.17. The Morgan fingerprint density at radius 1 is 1.47 bits per heavy atom. The Bertz CT molecular complexity index is 378. The first-order chi connectivity index (χ1) is 8.94. The fourth-order valence-electron chi connectivity index (χ4n) is 2.12. The first kappa shape index (κ1) is 14.4. The van der Waals surface area contributed by atoms with Crippen molar-refractivity contribution >= 4 is 24.0 Å².